The second kappa shape index (κ2) is 10.4. The van der Waals surface area contributed by atoms with Crippen molar-refractivity contribution in [3.05, 3.63) is 53.6 Å². The Hall–Kier alpha value is -3.46. The second-order valence-electron chi connectivity index (χ2n) is 7.62. The van der Waals surface area contributed by atoms with E-state index in [0.29, 0.717) is 40.3 Å². The van der Waals surface area contributed by atoms with Crippen LogP contribution in [0.4, 0.5) is 5.13 Å². The highest BCUT2D eigenvalue weighted by Crippen LogP contribution is 2.37. The number of nitrogens with zero attached hydrogens (tertiary/aromatic N) is 3. The van der Waals surface area contributed by atoms with Crippen molar-refractivity contribution in [1.82, 2.24) is 15.1 Å². The fraction of sp³-hybridized carbons (Fsp3) is 0.333. The standard InChI is InChI=1S/C24H26N4O4S/c1-3-12-28(23(30)17-7-5-16(4-2)6-8-17)13-11-21(29)25-24-27-26-22(33-24)18-9-10-19-20(14-18)32-15-31-19/h5-10,14H,3-4,11-13,15H2,1-2H3,(H,25,27,29). The molecule has 172 valence electrons. The zero-order valence-electron chi connectivity index (χ0n) is 18.7. The molecule has 0 unspecified atom stereocenters. The number of carbonyl (C=O) groups excluding carboxylic acids is 2. The second-order valence-corrected chi connectivity index (χ2v) is 8.60. The maximum atomic E-state index is 12.9. The summed E-state index contributed by atoms with van der Waals surface area (Å²) in [6, 6.07) is 13.2. The Bertz CT molecular complexity index is 1130. The zero-order chi connectivity index (χ0) is 23.2. The van der Waals surface area contributed by atoms with Crippen molar-refractivity contribution in [3.63, 3.8) is 0 Å². The molecule has 9 heteroatoms. The van der Waals surface area contributed by atoms with E-state index in [1.807, 2.05) is 49.4 Å². The van der Waals surface area contributed by atoms with E-state index in [2.05, 4.69) is 22.4 Å². The molecule has 0 saturated carbocycles. The number of amides is 2. The summed E-state index contributed by atoms with van der Waals surface area (Å²) in [5, 5.41) is 12.1. The molecule has 0 fully saturated rings. The van der Waals surface area contributed by atoms with Crippen molar-refractivity contribution < 1.29 is 19.1 Å². The smallest absolute Gasteiger partial charge is 0.253 e. The number of ether oxygens (including phenoxy) is 2. The Morgan fingerprint density at radius 1 is 1.03 bits per heavy atom. The highest BCUT2D eigenvalue weighted by atomic mass is 32.1. The third-order valence-electron chi connectivity index (χ3n) is 5.29. The first kappa shape index (κ1) is 22.7. The van der Waals surface area contributed by atoms with E-state index in [-0.39, 0.29) is 25.0 Å². The number of hydrogen-bond donors (Lipinski definition) is 1. The summed E-state index contributed by atoms with van der Waals surface area (Å²) >= 11 is 1.28. The molecule has 0 saturated heterocycles. The molecule has 0 aliphatic carbocycles. The lowest BCUT2D eigenvalue weighted by atomic mass is 10.1. The van der Waals surface area contributed by atoms with Gasteiger partial charge in [-0.15, -0.1) is 10.2 Å². The molecular formula is C24H26N4O4S. The first-order valence-electron chi connectivity index (χ1n) is 11.0. The van der Waals surface area contributed by atoms with Crippen LogP contribution in [-0.2, 0) is 11.2 Å². The Morgan fingerprint density at radius 2 is 1.82 bits per heavy atom. The summed E-state index contributed by atoms with van der Waals surface area (Å²) in [5.41, 5.74) is 2.66. The van der Waals surface area contributed by atoms with Crippen LogP contribution in [0.2, 0.25) is 0 Å². The van der Waals surface area contributed by atoms with Gasteiger partial charge in [-0.25, -0.2) is 0 Å². The van der Waals surface area contributed by atoms with Crippen molar-refractivity contribution in [1.29, 1.82) is 0 Å². The van der Waals surface area contributed by atoms with E-state index in [4.69, 9.17) is 9.47 Å². The molecule has 1 aliphatic heterocycles. The monoisotopic (exact) mass is 466 g/mol. The summed E-state index contributed by atoms with van der Waals surface area (Å²) in [7, 11) is 0. The number of benzene rings is 2. The summed E-state index contributed by atoms with van der Waals surface area (Å²) in [6.07, 6.45) is 1.92. The lowest BCUT2D eigenvalue weighted by molar-refractivity contribution is -0.116. The van der Waals surface area contributed by atoms with E-state index in [1.54, 1.807) is 4.90 Å². The van der Waals surface area contributed by atoms with Crippen molar-refractivity contribution in [2.45, 2.75) is 33.1 Å². The van der Waals surface area contributed by atoms with Crippen LogP contribution in [0.3, 0.4) is 0 Å². The minimum atomic E-state index is -0.210. The van der Waals surface area contributed by atoms with Crippen LogP contribution in [0.15, 0.2) is 42.5 Å². The van der Waals surface area contributed by atoms with Crippen LogP contribution in [0.5, 0.6) is 11.5 Å². The molecule has 3 aromatic rings. The topological polar surface area (TPSA) is 93.7 Å². The van der Waals surface area contributed by atoms with Crippen LogP contribution in [-0.4, -0.2) is 46.8 Å². The predicted octanol–water partition coefficient (Wildman–Crippen LogP) is 4.38. The Labute approximate surface area is 196 Å². The average Bonchev–Trinajstić information content (AvgIpc) is 3.50. The molecule has 8 nitrogen and oxygen atoms in total. The van der Waals surface area contributed by atoms with Gasteiger partial charge < -0.3 is 19.7 Å². The molecule has 0 radical (unpaired) electrons. The Balaban J connectivity index is 1.34. The molecule has 4 rings (SSSR count). The summed E-state index contributed by atoms with van der Waals surface area (Å²) in [6.45, 7) is 5.22. The number of anilines is 1. The van der Waals surface area contributed by atoms with Gasteiger partial charge in [0.05, 0.1) is 0 Å². The van der Waals surface area contributed by atoms with Crippen LogP contribution >= 0.6 is 11.3 Å². The van der Waals surface area contributed by atoms with E-state index in [0.717, 1.165) is 18.4 Å². The van der Waals surface area contributed by atoms with Gasteiger partial charge in [-0.05, 0) is 48.7 Å². The summed E-state index contributed by atoms with van der Waals surface area (Å²) in [5.74, 6) is 1.09. The summed E-state index contributed by atoms with van der Waals surface area (Å²) < 4.78 is 10.7. The number of aromatic nitrogens is 2. The molecule has 0 atom stereocenters. The van der Waals surface area contributed by atoms with Gasteiger partial charge in [-0.2, -0.15) is 0 Å². The quantitative estimate of drug-likeness (QED) is 0.503. The number of carbonyl (C=O) groups is 2. The van der Waals surface area contributed by atoms with E-state index < -0.39 is 0 Å². The van der Waals surface area contributed by atoms with Gasteiger partial charge in [0.2, 0.25) is 17.8 Å². The van der Waals surface area contributed by atoms with Crippen LogP contribution < -0.4 is 14.8 Å². The first-order chi connectivity index (χ1) is 16.1. The Kier molecular flexibility index (Phi) is 7.19. The molecule has 1 aliphatic rings. The molecular weight excluding hydrogens is 440 g/mol. The fourth-order valence-corrected chi connectivity index (χ4v) is 4.24. The van der Waals surface area contributed by atoms with Gasteiger partial charge >= 0.3 is 0 Å². The lowest BCUT2D eigenvalue weighted by Gasteiger charge is -2.22. The van der Waals surface area contributed by atoms with Gasteiger partial charge in [0, 0.05) is 30.6 Å². The van der Waals surface area contributed by atoms with Gasteiger partial charge in [0.1, 0.15) is 5.01 Å². The van der Waals surface area contributed by atoms with Crippen LogP contribution in [0.1, 0.15) is 42.6 Å². The molecule has 33 heavy (non-hydrogen) atoms. The minimum absolute atomic E-state index is 0.0617. The maximum absolute atomic E-state index is 12.9. The van der Waals surface area contributed by atoms with Crippen molar-refractivity contribution >= 4 is 28.3 Å². The number of hydrogen-bond acceptors (Lipinski definition) is 7. The third-order valence-corrected chi connectivity index (χ3v) is 6.18. The first-order valence-corrected chi connectivity index (χ1v) is 11.8. The number of aryl methyl sites for hydroxylation is 1. The van der Waals surface area contributed by atoms with Gasteiger partial charge in [-0.1, -0.05) is 37.3 Å². The molecule has 0 bridgehead atoms. The zero-order valence-corrected chi connectivity index (χ0v) is 19.5. The summed E-state index contributed by atoms with van der Waals surface area (Å²) in [4.78, 5) is 27.1. The number of rotatable bonds is 9. The van der Waals surface area contributed by atoms with Crippen LogP contribution in [0, 0.1) is 0 Å². The van der Waals surface area contributed by atoms with Crippen LogP contribution in [0.25, 0.3) is 10.6 Å². The van der Waals surface area contributed by atoms with Gasteiger partial charge in [-0.3, -0.25) is 9.59 Å². The largest absolute Gasteiger partial charge is 0.454 e. The molecule has 1 aromatic heterocycles. The molecule has 2 aromatic carbocycles. The fourth-order valence-electron chi connectivity index (χ4n) is 3.49. The van der Waals surface area contributed by atoms with Crippen molar-refractivity contribution in [2.75, 3.05) is 25.2 Å². The SMILES string of the molecule is CCCN(CCC(=O)Nc1nnc(-c2ccc3c(c2)OCO3)s1)C(=O)c1ccc(CC)cc1. The highest BCUT2D eigenvalue weighted by molar-refractivity contribution is 7.18. The van der Waals surface area contributed by atoms with Crippen molar-refractivity contribution in [2.24, 2.45) is 0 Å². The normalized spacial score (nSPS) is 11.9. The average molecular weight is 467 g/mol. The molecule has 2 amide bonds. The third kappa shape index (κ3) is 5.48. The van der Waals surface area contributed by atoms with E-state index >= 15 is 0 Å². The highest BCUT2D eigenvalue weighted by Gasteiger charge is 2.18. The lowest BCUT2D eigenvalue weighted by Crippen LogP contribution is -2.34. The van der Waals surface area contributed by atoms with E-state index in [1.165, 1.54) is 16.9 Å². The predicted molar refractivity (Wildman–Crippen MR) is 127 cm³/mol. The number of nitrogens with one attached hydrogen (secondary N) is 1. The maximum Gasteiger partial charge on any atom is 0.253 e. The molecule has 0 spiro atoms. The van der Waals surface area contributed by atoms with Crippen molar-refractivity contribution in [3.8, 4) is 22.1 Å². The number of fused-ring (bicyclic) bond motifs is 1. The van der Waals surface area contributed by atoms with Gasteiger partial charge in [0.25, 0.3) is 5.91 Å². The molecule has 1 N–H and O–H groups in total. The minimum Gasteiger partial charge on any atom is -0.454 e. The Morgan fingerprint density at radius 3 is 2.58 bits per heavy atom. The van der Waals surface area contributed by atoms with E-state index in [9.17, 15) is 9.59 Å². The van der Waals surface area contributed by atoms with Gasteiger partial charge in [0.15, 0.2) is 11.5 Å². The molecule has 2 heterocycles.